The molecule has 0 bridgehead atoms. The zero-order valence-electron chi connectivity index (χ0n) is 8.98. The van der Waals surface area contributed by atoms with E-state index >= 15 is 0 Å². The van der Waals surface area contributed by atoms with Crippen molar-refractivity contribution in [3.05, 3.63) is 23.8 Å². The maximum atomic E-state index is 9.62. The largest absolute Gasteiger partial charge is 0.386 e. The Morgan fingerprint density at radius 1 is 1.43 bits per heavy atom. The molecule has 0 aromatic heterocycles. The number of hydrogen-bond acceptors (Lipinski definition) is 1. The lowest BCUT2D eigenvalue weighted by atomic mass is 10.00. The van der Waals surface area contributed by atoms with Crippen LogP contribution in [0.25, 0.3) is 0 Å². The molecule has 1 unspecified atom stereocenters. The van der Waals surface area contributed by atoms with Gasteiger partial charge in [0.1, 0.15) is 0 Å². The fourth-order valence-electron chi connectivity index (χ4n) is 0.836. The third-order valence-corrected chi connectivity index (χ3v) is 2.91. The zero-order chi connectivity index (χ0) is 11.4. The average molecular weight is 237 g/mol. The number of aliphatic hydroxyl groups is 1. The Morgan fingerprint density at radius 3 is 2.29 bits per heavy atom. The Kier molecular flexibility index (Phi) is 5.21. The molecule has 14 heavy (non-hydrogen) atoms. The second-order valence-electron chi connectivity index (χ2n) is 4.12. The highest BCUT2D eigenvalue weighted by Crippen LogP contribution is 2.28. The highest BCUT2D eigenvalue weighted by atomic mass is 35.5. The van der Waals surface area contributed by atoms with Crippen molar-refractivity contribution in [3.8, 4) is 0 Å². The van der Waals surface area contributed by atoms with E-state index in [0.29, 0.717) is 17.9 Å². The summed E-state index contributed by atoms with van der Waals surface area (Å²) < 4.78 is 0. The van der Waals surface area contributed by atoms with Crippen LogP contribution < -0.4 is 0 Å². The normalized spacial score (nSPS) is 17.7. The van der Waals surface area contributed by atoms with Crippen molar-refractivity contribution in [2.75, 3.05) is 0 Å². The Hall–Kier alpha value is 0.0200. The number of halogens is 2. The van der Waals surface area contributed by atoms with E-state index in [2.05, 4.69) is 6.58 Å². The predicted octanol–water partition coefficient (Wildman–Crippen LogP) is 3.84. The first-order valence-electron chi connectivity index (χ1n) is 4.60. The first-order chi connectivity index (χ1) is 6.19. The van der Waals surface area contributed by atoms with Crippen LogP contribution in [0.4, 0.5) is 0 Å². The van der Waals surface area contributed by atoms with Gasteiger partial charge in [0.25, 0.3) is 0 Å². The van der Waals surface area contributed by atoms with E-state index in [1.165, 1.54) is 6.08 Å². The van der Waals surface area contributed by atoms with Crippen LogP contribution in [-0.2, 0) is 0 Å². The minimum Gasteiger partial charge on any atom is -0.386 e. The van der Waals surface area contributed by atoms with Crippen LogP contribution >= 0.6 is 23.2 Å². The van der Waals surface area contributed by atoms with Gasteiger partial charge in [-0.2, -0.15) is 0 Å². The molecule has 1 N–H and O–H groups in total. The standard InChI is InChI=1S/C11H18Cl2O/c1-5-11(4,14)8-6-7-9(12)10(2,3)13/h5,7,14H,1,6,8H2,2-4H3. The summed E-state index contributed by atoms with van der Waals surface area (Å²) in [6.07, 6.45) is 4.65. The number of allylic oxidation sites excluding steroid dienone is 2. The van der Waals surface area contributed by atoms with E-state index in [0.717, 1.165) is 0 Å². The Bertz CT molecular complexity index is 224. The van der Waals surface area contributed by atoms with Gasteiger partial charge in [-0.25, -0.2) is 0 Å². The minimum absolute atomic E-state index is 0.526. The summed E-state index contributed by atoms with van der Waals surface area (Å²) in [4.78, 5) is -0.526. The van der Waals surface area contributed by atoms with Crippen molar-refractivity contribution in [1.82, 2.24) is 0 Å². The van der Waals surface area contributed by atoms with E-state index in [-0.39, 0.29) is 0 Å². The third kappa shape index (κ3) is 5.69. The molecule has 0 radical (unpaired) electrons. The number of hydrogen-bond donors (Lipinski definition) is 1. The van der Waals surface area contributed by atoms with Gasteiger partial charge in [-0.05, 0) is 33.6 Å². The summed E-state index contributed by atoms with van der Waals surface area (Å²) in [5, 5.41) is 10.2. The molecule has 0 aliphatic heterocycles. The highest BCUT2D eigenvalue weighted by molar-refractivity contribution is 6.39. The maximum Gasteiger partial charge on any atom is 0.0800 e. The molecule has 0 heterocycles. The fraction of sp³-hybridized carbons (Fsp3) is 0.636. The maximum absolute atomic E-state index is 9.62. The smallest absolute Gasteiger partial charge is 0.0800 e. The van der Waals surface area contributed by atoms with Gasteiger partial charge in [-0.15, -0.1) is 18.2 Å². The van der Waals surface area contributed by atoms with Gasteiger partial charge in [0.15, 0.2) is 0 Å². The molecule has 0 aromatic carbocycles. The molecule has 82 valence electrons. The first-order valence-corrected chi connectivity index (χ1v) is 5.35. The Balaban J connectivity index is 4.13. The lowest BCUT2D eigenvalue weighted by Gasteiger charge is -2.18. The van der Waals surface area contributed by atoms with Crippen LogP contribution in [0.5, 0.6) is 0 Å². The summed E-state index contributed by atoms with van der Waals surface area (Å²) >= 11 is 11.9. The SMILES string of the molecule is C=CC(C)(O)CCC=C(Cl)C(C)(C)Cl. The third-order valence-electron chi connectivity index (χ3n) is 1.98. The molecule has 0 amide bonds. The lowest BCUT2D eigenvalue weighted by Crippen LogP contribution is -2.19. The molecule has 3 heteroatoms. The van der Waals surface area contributed by atoms with Crippen molar-refractivity contribution in [2.24, 2.45) is 0 Å². The van der Waals surface area contributed by atoms with Crippen LogP contribution in [0.2, 0.25) is 0 Å². The Labute approximate surface area is 96.4 Å². The van der Waals surface area contributed by atoms with Crippen LogP contribution in [0.3, 0.4) is 0 Å². The predicted molar refractivity (Wildman–Crippen MR) is 63.9 cm³/mol. The molecule has 0 saturated heterocycles. The van der Waals surface area contributed by atoms with Gasteiger partial charge in [0.05, 0.1) is 10.5 Å². The van der Waals surface area contributed by atoms with E-state index in [1.807, 2.05) is 19.9 Å². The summed E-state index contributed by atoms with van der Waals surface area (Å²) in [6, 6.07) is 0. The molecular formula is C11H18Cl2O. The molecule has 0 saturated carbocycles. The molecule has 0 aliphatic carbocycles. The van der Waals surface area contributed by atoms with Gasteiger partial charge in [-0.3, -0.25) is 0 Å². The zero-order valence-corrected chi connectivity index (χ0v) is 10.5. The van der Waals surface area contributed by atoms with Crippen molar-refractivity contribution in [1.29, 1.82) is 0 Å². The van der Waals surface area contributed by atoms with Crippen LogP contribution in [0.15, 0.2) is 23.8 Å². The lowest BCUT2D eigenvalue weighted by molar-refractivity contribution is 0.103. The fourth-order valence-corrected chi connectivity index (χ4v) is 1.02. The second-order valence-corrected chi connectivity index (χ2v) is 5.48. The van der Waals surface area contributed by atoms with Gasteiger partial charge >= 0.3 is 0 Å². The minimum atomic E-state index is -0.829. The van der Waals surface area contributed by atoms with E-state index in [9.17, 15) is 5.11 Å². The van der Waals surface area contributed by atoms with Crippen LogP contribution in [-0.4, -0.2) is 15.6 Å². The van der Waals surface area contributed by atoms with E-state index < -0.39 is 10.5 Å². The summed E-state index contributed by atoms with van der Waals surface area (Å²) in [6.45, 7) is 8.93. The second kappa shape index (κ2) is 5.20. The van der Waals surface area contributed by atoms with Gasteiger partial charge < -0.3 is 5.11 Å². The average Bonchev–Trinajstić information content (AvgIpc) is 2.02. The molecule has 0 rings (SSSR count). The van der Waals surface area contributed by atoms with Crippen molar-refractivity contribution in [3.63, 3.8) is 0 Å². The summed E-state index contributed by atoms with van der Waals surface area (Å²) in [7, 11) is 0. The van der Waals surface area contributed by atoms with Crippen molar-refractivity contribution >= 4 is 23.2 Å². The van der Waals surface area contributed by atoms with Crippen molar-refractivity contribution < 1.29 is 5.11 Å². The molecule has 0 fully saturated rings. The monoisotopic (exact) mass is 236 g/mol. The quantitative estimate of drug-likeness (QED) is 0.568. The molecule has 0 spiro atoms. The van der Waals surface area contributed by atoms with Crippen LogP contribution in [0.1, 0.15) is 33.6 Å². The van der Waals surface area contributed by atoms with Crippen LogP contribution in [0, 0.1) is 0 Å². The molecule has 0 aliphatic rings. The number of alkyl halides is 1. The van der Waals surface area contributed by atoms with E-state index in [1.54, 1.807) is 6.92 Å². The van der Waals surface area contributed by atoms with Gasteiger partial charge in [-0.1, -0.05) is 23.8 Å². The van der Waals surface area contributed by atoms with E-state index in [4.69, 9.17) is 23.2 Å². The Morgan fingerprint density at radius 2 is 1.93 bits per heavy atom. The summed E-state index contributed by atoms with van der Waals surface area (Å²) in [5.41, 5.74) is -0.829. The first kappa shape index (κ1) is 14.0. The highest BCUT2D eigenvalue weighted by Gasteiger charge is 2.18. The van der Waals surface area contributed by atoms with Crippen molar-refractivity contribution in [2.45, 2.75) is 44.1 Å². The van der Waals surface area contributed by atoms with Gasteiger partial charge in [0, 0.05) is 5.03 Å². The molecule has 0 aromatic rings. The topological polar surface area (TPSA) is 20.2 Å². The molecule has 1 atom stereocenters. The molecule has 1 nitrogen and oxygen atoms in total. The van der Waals surface area contributed by atoms with Gasteiger partial charge in [0.2, 0.25) is 0 Å². The molecular weight excluding hydrogens is 219 g/mol. The number of rotatable bonds is 5. The summed E-state index contributed by atoms with van der Waals surface area (Å²) in [5.74, 6) is 0.